The average Bonchev–Trinajstić information content (AvgIpc) is 2.88. The van der Waals surface area contributed by atoms with Gasteiger partial charge in [-0.2, -0.15) is 0 Å². The first-order valence-electron chi connectivity index (χ1n) is 12.7. The minimum absolute atomic E-state index is 0. The van der Waals surface area contributed by atoms with Crippen molar-refractivity contribution in [2.24, 2.45) is 0 Å². The molecule has 1 aromatic carbocycles. The van der Waals surface area contributed by atoms with Crippen molar-refractivity contribution in [2.75, 3.05) is 60.0 Å². The normalized spacial score (nSPS) is 20.5. The fourth-order valence-corrected chi connectivity index (χ4v) is 5.60. The van der Waals surface area contributed by atoms with Gasteiger partial charge in [-0.1, -0.05) is 19.3 Å². The second kappa shape index (κ2) is 14.3. The molecule has 2 heterocycles. The summed E-state index contributed by atoms with van der Waals surface area (Å²) in [6, 6.07) is 8.04. The van der Waals surface area contributed by atoms with Gasteiger partial charge in [0.2, 0.25) is 5.91 Å². The van der Waals surface area contributed by atoms with E-state index in [1.807, 2.05) is 34.1 Å². The number of piperazine rings is 1. The number of piperidine rings is 1. The third kappa shape index (κ3) is 7.72. The molecular formula is C26H42Cl2N4O3. The van der Waals surface area contributed by atoms with Crippen LogP contribution >= 0.6 is 24.8 Å². The number of rotatable bonds is 6. The molecule has 0 aromatic heterocycles. The van der Waals surface area contributed by atoms with Gasteiger partial charge >= 0.3 is 0 Å². The molecule has 1 aliphatic carbocycles. The van der Waals surface area contributed by atoms with Gasteiger partial charge in [-0.05, 0) is 70.1 Å². The number of methoxy groups -OCH3 is 1. The summed E-state index contributed by atoms with van der Waals surface area (Å²) in [6.45, 7) is 5.91. The molecule has 9 heteroatoms. The molecular weight excluding hydrogens is 487 g/mol. The zero-order valence-corrected chi connectivity index (χ0v) is 22.8. The Bertz CT molecular complexity index is 788. The lowest BCUT2D eigenvalue weighted by atomic mass is 9.93. The summed E-state index contributed by atoms with van der Waals surface area (Å²) >= 11 is 0. The summed E-state index contributed by atoms with van der Waals surface area (Å²) in [5, 5.41) is 0. The number of amides is 2. The maximum Gasteiger partial charge on any atom is 0.254 e. The van der Waals surface area contributed by atoms with Crippen LogP contribution in [0.3, 0.4) is 0 Å². The molecule has 0 unspecified atom stereocenters. The Labute approximate surface area is 222 Å². The van der Waals surface area contributed by atoms with E-state index in [0.29, 0.717) is 11.6 Å². The average molecular weight is 530 g/mol. The first-order chi connectivity index (χ1) is 16.0. The van der Waals surface area contributed by atoms with Gasteiger partial charge < -0.3 is 19.4 Å². The van der Waals surface area contributed by atoms with Crippen molar-refractivity contribution >= 4 is 36.6 Å². The van der Waals surface area contributed by atoms with E-state index in [9.17, 15) is 9.59 Å². The summed E-state index contributed by atoms with van der Waals surface area (Å²) in [5.41, 5.74) is 0.626. The summed E-state index contributed by atoms with van der Waals surface area (Å²) in [5.74, 6) is 0.780. The predicted molar refractivity (Wildman–Crippen MR) is 144 cm³/mol. The summed E-state index contributed by atoms with van der Waals surface area (Å²) in [4.78, 5) is 35.5. The number of hydrogen-bond donors (Lipinski definition) is 0. The van der Waals surface area contributed by atoms with Crippen LogP contribution in [0, 0.1) is 0 Å². The minimum atomic E-state index is -0.0390. The quantitative estimate of drug-likeness (QED) is 0.565. The topological polar surface area (TPSA) is 56.3 Å². The van der Waals surface area contributed by atoms with E-state index in [1.54, 1.807) is 7.11 Å². The smallest absolute Gasteiger partial charge is 0.254 e. The zero-order chi connectivity index (χ0) is 23.2. The van der Waals surface area contributed by atoms with Crippen LogP contribution in [0.5, 0.6) is 5.75 Å². The number of hydrogen-bond acceptors (Lipinski definition) is 5. The molecule has 0 N–H and O–H groups in total. The van der Waals surface area contributed by atoms with Gasteiger partial charge in [0.25, 0.3) is 5.91 Å². The Morgan fingerprint density at radius 1 is 0.886 bits per heavy atom. The summed E-state index contributed by atoms with van der Waals surface area (Å²) in [6.07, 6.45) is 7.87. The van der Waals surface area contributed by atoms with Crippen LogP contribution in [0.1, 0.15) is 55.3 Å². The van der Waals surface area contributed by atoms with E-state index in [4.69, 9.17) is 4.74 Å². The predicted octanol–water partition coefficient (Wildman–Crippen LogP) is 3.55. The molecule has 2 saturated heterocycles. The second-order valence-electron chi connectivity index (χ2n) is 9.90. The Hall–Kier alpha value is -1.54. The van der Waals surface area contributed by atoms with E-state index >= 15 is 0 Å². The fourth-order valence-electron chi connectivity index (χ4n) is 5.60. The molecule has 0 spiro atoms. The first-order valence-corrected chi connectivity index (χ1v) is 12.7. The molecule has 1 saturated carbocycles. The largest absolute Gasteiger partial charge is 0.497 e. The van der Waals surface area contributed by atoms with Crippen molar-refractivity contribution in [3.63, 3.8) is 0 Å². The third-order valence-electron chi connectivity index (χ3n) is 7.79. The number of likely N-dealkylation sites (tertiary alicyclic amines) is 1. The number of carbonyl (C=O) groups excluding carboxylic acids is 2. The molecule has 0 atom stereocenters. The van der Waals surface area contributed by atoms with Gasteiger partial charge in [0, 0.05) is 43.8 Å². The molecule has 198 valence electrons. The van der Waals surface area contributed by atoms with Gasteiger partial charge in [0.05, 0.1) is 7.11 Å². The molecule has 0 bridgehead atoms. The van der Waals surface area contributed by atoms with E-state index in [-0.39, 0.29) is 49.2 Å². The molecule has 0 radical (unpaired) electrons. The van der Waals surface area contributed by atoms with Gasteiger partial charge in [0.1, 0.15) is 12.3 Å². The third-order valence-corrected chi connectivity index (χ3v) is 7.79. The highest BCUT2D eigenvalue weighted by Crippen LogP contribution is 2.25. The number of benzene rings is 1. The standard InChI is InChI=1S/C26H40N4O3.2ClH/c1-27-14-12-22(13-15-27)28-16-18-29(19-17-28)25(31)20-30(23-6-4-3-5-7-23)26(32)21-8-10-24(33-2)11-9-21;;/h8-11,22-23H,3-7,12-20H2,1-2H3;2*1H. The van der Waals surface area contributed by atoms with E-state index in [0.717, 1.165) is 70.7 Å². The van der Waals surface area contributed by atoms with Crippen LogP contribution in [0.15, 0.2) is 24.3 Å². The highest BCUT2D eigenvalue weighted by molar-refractivity contribution is 5.97. The van der Waals surface area contributed by atoms with E-state index in [1.165, 1.54) is 19.3 Å². The van der Waals surface area contributed by atoms with E-state index in [2.05, 4.69) is 16.8 Å². The van der Waals surface area contributed by atoms with Crippen LogP contribution in [0.25, 0.3) is 0 Å². The molecule has 2 aliphatic heterocycles. The lowest BCUT2D eigenvalue weighted by Gasteiger charge is -2.43. The number of ether oxygens (including phenoxy) is 1. The molecule has 2 amide bonds. The van der Waals surface area contributed by atoms with Crippen LogP contribution in [-0.4, -0.2) is 103 Å². The molecule has 3 aliphatic rings. The summed E-state index contributed by atoms with van der Waals surface area (Å²) < 4.78 is 5.24. The Morgan fingerprint density at radius 3 is 2.06 bits per heavy atom. The van der Waals surface area contributed by atoms with Crippen molar-refractivity contribution in [3.8, 4) is 5.75 Å². The Kier molecular flexibility index (Phi) is 12.1. The van der Waals surface area contributed by atoms with Crippen LogP contribution in [0.4, 0.5) is 0 Å². The zero-order valence-electron chi connectivity index (χ0n) is 21.2. The molecule has 1 aromatic rings. The fraction of sp³-hybridized carbons (Fsp3) is 0.692. The first kappa shape index (κ1) is 29.7. The highest BCUT2D eigenvalue weighted by Gasteiger charge is 2.32. The van der Waals surface area contributed by atoms with Crippen molar-refractivity contribution in [1.29, 1.82) is 0 Å². The summed E-state index contributed by atoms with van der Waals surface area (Å²) in [7, 11) is 3.81. The Balaban J connectivity index is 0.00000216. The molecule has 35 heavy (non-hydrogen) atoms. The van der Waals surface area contributed by atoms with Crippen molar-refractivity contribution in [3.05, 3.63) is 29.8 Å². The van der Waals surface area contributed by atoms with Crippen LogP contribution < -0.4 is 4.74 Å². The SMILES string of the molecule is COc1ccc(C(=O)N(CC(=O)N2CCN(C3CCN(C)CC3)CC2)C2CCCCC2)cc1.Cl.Cl. The number of carbonyl (C=O) groups is 2. The lowest BCUT2D eigenvalue weighted by Crippen LogP contribution is -2.56. The molecule has 7 nitrogen and oxygen atoms in total. The number of nitrogens with zero attached hydrogens (tertiary/aromatic N) is 4. The monoisotopic (exact) mass is 528 g/mol. The van der Waals surface area contributed by atoms with Gasteiger partial charge in [-0.3, -0.25) is 14.5 Å². The second-order valence-corrected chi connectivity index (χ2v) is 9.90. The maximum atomic E-state index is 13.4. The van der Waals surface area contributed by atoms with Gasteiger partial charge in [-0.25, -0.2) is 0 Å². The van der Waals surface area contributed by atoms with Crippen LogP contribution in [-0.2, 0) is 4.79 Å². The van der Waals surface area contributed by atoms with Crippen molar-refractivity contribution < 1.29 is 14.3 Å². The maximum absolute atomic E-state index is 13.4. The lowest BCUT2D eigenvalue weighted by molar-refractivity contribution is -0.134. The highest BCUT2D eigenvalue weighted by atomic mass is 35.5. The van der Waals surface area contributed by atoms with Gasteiger partial charge in [0.15, 0.2) is 0 Å². The van der Waals surface area contributed by atoms with Crippen molar-refractivity contribution in [1.82, 2.24) is 19.6 Å². The number of halogens is 2. The molecule has 3 fully saturated rings. The van der Waals surface area contributed by atoms with E-state index < -0.39 is 0 Å². The molecule has 4 rings (SSSR count). The minimum Gasteiger partial charge on any atom is -0.497 e. The Morgan fingerprint density at radius 2 is 1.49 bits per heavy atom. The van der Waals surface area contributed by atoms with Crippen molar-refractivity contribution in [2.45, 2.75) is 57.0 Å². The van der Waals surface area contributed by atoms with Gasteiger partial charge in [-0.15, -0.1) is 24.8 Å². The van der Waals surface area contributed by atoms with Crippen LogP contribution in [0.2, 0.25) is 0 Å².